The Morgan fingerprint density at radius 1 is 0.732 bits per heavy atom. The zero-order valence-electron chi connectivity index (χ0n) is 26.9. The third-order valence-corrected chi connectivity index (χ3v) is 4.37. The van der Waals surface area contributed by atoms with Gasteiger partial charge in [0.2, 0.25) is 0 Å². The van der Waals surface area contributed by atoms with E-state index in [2.05, 4.69) is 48.4 Å². The van der Waals surface area contributed by atoms with Gasteiger partial charge in [-0.05, 0) is 66.0 Å². The number of aromatic amines is 1. The fourth-order valence-corrected chi connectivity index (χ4v) is 2.76. The first kappa shape index (κ1) is 57.9. The second kappa shape index (κ2) is 68.5. The van der Waals surface area contributed by atoms with E-state index < -0.39 is 0 Å². The number of aliphatic hydroxyl groups excluding tert-OH is 1. The summed E-state index contributed by atoms with van der Waals surface area (Å²) < 4.78 is 5.01. The van der Waals surface area contributed by atoms with Crippen LogP contribution in [0.15, 0.2) is 18.7 Å². The fourth-order valence-electron chi connectivity index (χ4n) is 2.76. The maximum atomic E-state index is 7.00. The van der Waals surface area contributed by atoms with Crippen LogP contribution in [-0.4, -0.2) is 115 Å². The van der Waals surface area contributed by atoms with Gasteiger partial charge < -0.3 is 57.8 Å². The van der Waals surface area contributed by atoms with Gasteiger partial charge in [-0.25, -0.2) is 10.2 Å². The van der Waals surface area contributed by atoms with E-state index in [9.17, 15) is 0 Å². The summed E-state index contributed by atoms with van der Waals surface area (Å²) in [5, 5.41) is 32.4. The molecule has 1 aromatic heterocycles. The minimum Gasteiger partial charge on any atom is -0.400 e. The molecule has 224 valence electrons. The Balaban J connectivity index is -0.0000000645. The van der Waals surface area contributed by atoms with Crippen molar-refractivity contribution in [2.75, 3.05) is 99.9 Å². The number of nitriles is 1. The van der Waals surface area contributed by atoms with Crippen LogP contribution in [0.2, 0.25) is 0 Å². The van der Waals surface area contributed by atoms with Gasteiger partial charge in [0, 0.05) is 65.3 Å². The molecule has 0 unspecified atom stereocenters. The summed E-state index contributed by atoms with van der Waals surface area (Å²) in [6.07, 6.45) is 12.1. The topological polar surface area (TPSA) is 213 Å². The van der Waals surface area contributed by atoms with Crippen LogP contribution in [0.25, 0.3) is 16.0 Å². The minimum absolute atomic E-state index is 0. The maximum absolute atomic E-state index is 7.00. The number of aromatic nitrogens is 2. The fraction of sp³-hybridized carbons (Fsp3) is 0.833. The summed E-state index contributed by atoms with van der Waals surface area (Å²) in [4.78, 5) is 7.92. The molecule has 5 rings (SSSR count). The van der Waals surface area contributed by atoms with Crippen molar-refractivity contribution in [2.45, 2.75) is 32.1 Å². The SMILES string of the molecule is C#N.C1CCNC1.C1CCNCC1.C1CNCCN1.C1COCCN1.CNC.CO.[K+].[N-]=[N+]=[N-].[Na+].[Na+].c1c[nH]cn1. The molecule has 4 saturated heterocycles. The average Bonchev–Trinajstić information content (AvgIpc) is 3.80. The molecule has 8 N–H and O–H groups in total. The molecule has 0 aliphatic carbocycles. The third kappa shape index (κ3) is 74.3. The number of H-pyrrole nitrogens is 1. The Morgan fingerprint density at radius 2 is 1.05 bits per heavy atom. The van der Waals surface area contributed by atoms with Gasteiger partial charge in [0.05, 0.1) is 19.5 Å². The first-order valence-corrected chi connectivity index (χ1v) is 13.1. The average molecular weight is 629 g/mol. The van der Waals surface area contributed by atoms with Gasteiger partial charge in [-0.15, -0.1) is 0 Å². The predicted octanol–water partition coefficient (Wildman–Crippen LogP) is -8.21. The number of hydrogen-bond acceptors (Lipinski definition) is 10. The van der Waals surface area contributed by atoms with Crippen molar-refractivity contribution in [1.29, 1.82) is 5.26 Å². The van der Waals surface area contributed by atoms with Gasteiger partial charge in [-0.1, -0.05) is 6.42 Å². The van der Waals surface area contributed by atoms with Crippen molar-refractivity contribution in [1.82, 2.24) is 41.9 Å². The van der Waals surface area contributed by atoms with Gasteiger partial charge in [-0.2, -0.15) is 0 Å². The summed E-state index contributed by atoms with van der Waals surface area (Å²) in [7, 11) is 4.75. The summed E-state index contributed by atoms with van der Waals surface area (Å²) in [6.45, 7) is 16.9. The van der Waals surface area contributed by atoms with E-state index in [1.807, 2.05) is 14.1 Å². The van der Waals surface area contributed by atoms with Crippen LogP contribution in [0.5, 0.6) is 0 Å². The van der Waals surface area contributed by atoms with E-state index in [-0.39, 0.29) is 110 Å². The Hall–Kier alpha value is 1.33. The van der Waals surface area contributed by atoms with E-state index in [1.54, 1.807) is 18.7 Å². The van der Waals surface area contributed by atoms with Gasteiger partial charge in [0.1, 0.15) is 0 Å². The van der Waals surface area contributed by atoms with Crippen molar-refractivity contribution in [3.63, 3.8) is 0 Å². The number of piperidine rings is 1. The molecule has 0 radical (unpaired) electrons. The van der Waals surface area contributed by atoms with Crippen molar-refractivity contribution in [2.24, 2.45) is 0 Å². The van der Waals surface area contributed by atoms with E-state index in [0.717, 1.165) is 59.6 Å². The van der Waals surface area contributed by atoms with Gasteiger partial charge in [-0.3, -0.25) is 4.91 Å². The maximum Gasteiger partial charge on any atom is 1.00 e. The van der Waals surface area contributed by atoms with Crippen molar-refractivity contribution < 1.29 is 120 Å². The first-order valence-electron chi connectivity index (χ1n) is 13.1. The quantitative estimate of drug-likeness (QED) is 0.0588. The normalized spacial score (nSPS) is 15.3. The molecule has 0 amide bonds. The monoisotopic (exact) mass is 628 g/mol. The van der Waals surface area contributed by atoms with Gasteiger partial charge in [0.15, 0.2) is 0 Å². The largest absolute Gasteiger partial charge is 1.00 e. The third-order valence-electron chi connectivity index (χ3n) is 4.37. The van der Waals surface area contributed by atoms with Gasteiger partial charge >= 0.3 is 110 Å². The van der Waals surface area contributed by atoms with Gasteiger partial charge in [0.25, 0.3) is 0 Å². The van der Waals surface area contributed by atoms with Crippen LogP contribution in [0, 0.1) is 11.8 Å². The van der Waals surface area contributed by atoms with Crippen molar-refractivity contribution in [3.8, 4) is 6.57 Å². The molecular weight excluding hydrogens is 573 g/mol. The van der Waals surface area contributed by atoms with Crippen molar-refractivity contribution in [3.05, 3.63) is 34.7 Å². The molecule has 14 nitrogen and oxygen atoms in total. The van der Waals surface area contributed by atoms with Crippen LogP contribution in [0.1, 0.15) is 32.1 Å². The number of nitrogens with zero attached hydrogens (tertiary/aromatic N) is 5. The Bertz CT molecular complexity index is 430. The molecule has 0 saturated carbocycles. The zero-order valence-corrected chi connectivity index (χ0v) is 34.0. The molecule has 0 aromatic carbocycles. The zero-order chi connectivity index (χ0) is 29.2. The summed E-state index contributed by atoms with van der Waals surface area (Å²) >= 11 is 0. The smallest absolute Gasteiger partial charge is 0.400 e. The second-order valence-corrected chi connectivity index (χ2v) is 7.48. The molecule has 17 heteroatoms. The molecule has 4 aliphatic heterocycles. The Kier molecular flexibility index (Phi) is 96.8. The van der Waals surface area contributed by atoms with E-state index in [1.165, 1.54) is 63.2 Å². The Morgan fingerprint density at radius 3 is 1.17 bits per heavy atom. The number of nitrogens with one attached hydrogen (secondary N) is 7. The molecule has 41 heavy (non-hydrogen) atoms. The van der Waals surface area contributed by atoms with Crippen LogP contribution in [0.4, 0.5) is 0 Å². The molecule has 1 aromatic rings. The van der Waals surface area contributed by atoms with E-state index in [0.29, 0.717) is 0 Å². The van der Waals surface area contributed by atoms with Crippen LogP contribution in [-0.2, 0) is 4.74 Å². The first-order chi connectivity index (χ1) is 18.8. The second-order valence-electron chi connectivity index (χ2n) is 7.48. The number of morpholine rings is 1. The Labute approximate surface area is 336 Å². The predicted molar refractivity (Wildman–Crippen MR) is 157 cm³/mol. The van der Waals surface area contributed by atoms with E-state index >= 15 is 0 Å². The number of aliphatic hydroxyl groups is 1. The number of imidazole rings is 1. The number of piperazine rings is 1. The standard InChI is InChI=1S/C5H11N.C4H10N2.C4H9NO.C4H9N.C3H4N2.C2H7N.CHN.CH4O.K.N3.2Na/c1-2-4-6-5-3-1;1-2-6-4-3-5-1;1-3-6-4-2-5-1;1-2-4-5-3-1;1-2-5-3-4-1;1-3-2;2*1-2;;1-3-2;;/h6H,1-5H2;5-6H,1-4H2;5H,1-4H2;5H,1-4H2;1-3H,(H,4,5);3H,1-2H3;1H;2H,1H3;;;;/q;;;;;;;;+1;-1;2*+1. The summed E-state index contributed by atoms with van der Waals surface area (Å²) in [5.41, 5.74) is 13.5. The molecule has 0 atom stereocenters. The molecule has 4 aliphatic rings. The molecule has 5 heterocycles. The molecule has 0 bridgehead atoms. The van der Waals surface area contributed by atoms with E-state index in [4.69, 9.17) is 26.2 Å². The molecule has 0 spiro atoms. The van der Waals surface area contributed by atoms with Crippen LogP contribution >= 0.6 is 0 Å². The molecular formula is C24H55KN12Na2O2+2. The number of rotatable bonds is 0. The number of hydrogen-bond donors (Lipinski definition) is 8. The summed E-state index contributed by atoms with van der Waals surface area (Å²) in [5.74, 6) is 0. The van der Waals surface area contributed by atoms with Crippen LogP contribution in [0.3, 0.4) is 0 Å². The number of ether oxygens (including phenoxy) is 1. The van der Waals surface area contributed by atoms with Crippen molar-refractivity contribution >= 4 is 0 Å². The van der Waals surface area contributed by atoms with Crippen LogP contribution < -0.4 is 142 Å². The summed E-state index contributed by atoms with van der Waals surface area (Å²) in [6, 6.07) is 0. The minimum atomic E-state index is 0. The molecule has 4 fully saturated rings.